The Bertz CT molecular complexity index is 322. The Morgan fingerprint density at radius 1 is 1.18 bits per heavy atom. The molecule has 5 heteroatoms. The second-order valence-corrected chi connectivity index (χ2v) is 7.80. The zero-order valence-corrected chi connectivity index (χ0v) is 11.2. The first-order valence-corrected chi connectivity index (χ1v) is 8.48. The van der Waals surface area contributed by atoms with Crippen LogP contribution in [0.25, 0.3) is 0 Å². The van der Waals surface area contributed by atoms with Crippen LogP contribution in [0.1, 0.15) is 32.1 Å². The summed E-state index contributed by atoms with van der Waals surface area (Å²) in [6, 6.07) is 0. The van der Waals surface area contributed by atoms with Gasteiger partial charge >= 0.3 is 0 Å². The number of aliphatic hydroxyl groups is 1. The molecule has 1 aliphatic heterocycles. The molecule has 1 unspecified atom stereocenters. The lowest BCUT2D eigenvalue weighted by Gasteiger charge is -2.29. The van der Waals surface area contributed by atoms with Gasteiger partial charge in [-0.25, -0.2) is 8.42 Å². The van der Waals surface area contributed by atoms with E-state index in [0.29, 0.717) is 25.6 Å². The van der Waals surface area contributed by atoms with E-state index in [1.54, 1.807) is 0 Å². The normalized spacial score (nSPS) is 28.3. The quantitative estimate of drug-likeness (QED) is 0.807. The van der Waals surface area contributed by atoms with Crippen LogP contribution in [0.2, 0.25) is 0 Å². The average Bonchev–Trinajstić information content (AvgIpc) is 2.74. The minimum absolute atomic E-state index is 0.253. The Hall–Kier alpha value is -0.130. The Kier molecular flexibility index (Phi) is 4.44. The van der Waals surface area contributed by atoms with Crippen molar-refractivity contribution in [2.75, 3.05) is 31.1 Å². The predicted molar refractivity (Wildman–Crippen MR) is 67.7 cm³/mol. The SMILES string of the molecule is O=S1(=O)CCN(CC(O)CC2CCCC2)CC1. The highest BCUT2D eigenvalue weighted by Crippen LogP contribution is 2.28. The lowest BCUT2D eigenvalue weighted by atomic mass is 10.00. The van der Waals surface area contributed by atoms with Gasteiger partial charge in [0.25, 0.3) is 0 Å². The van der Waals surface area contributed by atoms with Gasteiger partial charge in [0.05, 0.1) is 17.6 Å². The molecule has 100 valence electrons. The molecular formula is C12H23NO3S. The number of aliphatic hydroxyl groups excluding tert-OH is 1. The summed E-state index contributed by atoms with van der Waals surface area (Å²) in [7, 11) is -2.80. The molecule has 1 N–H and O–H groups in total. The summed E-state index contributed by atoms with van der Waals surface area (Å²) in [4.78, 5) is 2.08. The largest absolute Gasteiger partial charge is 0.392 e. The van der Waals surface area contributed by atoms with Crippen LogP contribution in [0.5, 0.6) is 0 Å². The maximum absolute atomic E-state index is 11.3. The standard InChI is InChI=1S/C12H23NO3S/c14-12(9-11-3-1-2-4-11)10-13-5-7-17(15,16)8-6-13/h11-12,14H,1-10H2. The van der Waals surface area contributed by atoms with E-state index in [1.807, 2.05) is 0 Å². The smallest absolute Gasteiger partial charge is 0.152 e. The fraction of sp³-hybridized carbons (Fsp3) is 1.00. The van der Waals surface area contributed by atoms with Crippen molar-refractivity contribution < 1.29 is 13.5 Å². The van der Waals surface area contributed by atoms with Crippen LogP contribution in [0.15, 0.2) is 0 Å². The van der Waals surface area contributed by atoms with Crippen LogP contribution in [0, 0.1) is 5.92 Å². The monoisotopic (exact) mass is 261 g/mol. The van der Waals surface area contributed by atoms with Gasteiger partial charge in [-0.15, -0.1) is 0 Å². The van der Waals surface area contributed by atoms with E-state index in [-0.39, 0.29) is 17.6 Å². The molecule has 4 nitrogen and oxygen atoms in total. The fourth-order valence-electron chi connectivity index (χ4n) is 2.94. The molecular weight excluding hydrogens is 238 g/mol. The van der Waals surface area contributed by atoms with Gasteiger partial charge in [0.15, 0.2) is 9.84 Å². The maximum Gasteiger partial charge on any atom is 0.152 e. The van der Waals surface area contributed by atoms with Crippen LogP contribution in [0.3, 0.4) is 0 Å². The average molecular weight is 261 g/mol. The number of hydrogen-bond acceptors (Lipinski definition) is 4. The van der Waals surface area contributed by atoms with E-state index in [1.165, 1.54) is 25.7 Å². The second-order valence-electron chi connectivity index (χ2n) is 5.49. The van der Waals surface area contributed by atoms with Crippen molar-refractivity contribution in [1.82, 2.24) is 4.90 Å². The Labute approximate surface area is 104 Å². The first-order chi connectivity index (χ1) is 8.05. The zero-order chi connectivity index (χ0) is 12.3. The zero-order valence-electron chi connectivity index (χ0n) is 10.3. The van der Waals surface area contributed by atoms with Crippen LogP contribution in [-0.2, 0) is 9.84 Å². The third kappa shape index (κ3) is 4.23. The Morgan fingerprint density at radius 3 is 2.35 bits per heavy atom. The van der Waals surface area contributed by atoms with Gasteiger partial charge < -0.3 is 5.11 Å². The summed E-state index contributed by atoms with van der Waals surface area (Å²) in [6.45, 7) is 1.82. The molecule has 0 aromatic heterocycles. The molecule has 17 heavy (non-hydrogen) atoms. The van der Waals surface area contributed by atoms with Gasteiger partial charge in [0.1, 0.15) is 0 Å². The summed E-state index contributed by atoms with van der Waals surface area (Å²) in [5, 5.41) is 10.0. The molecule has 0 bridgehead atoms. The van der Waals surface area contributed by atoms with E-state index in [0.717, 1.165) is 6.42 Å². The predicted octanol–water partition coefficient (Wildman–Crippen LogP) is 0.658. The van der Waals surface area contributed by atoms with Gasteiger partial charge in [-0.3, -0.25) is 4.90 Å². The molecule has 1 saturated carbocycles. The number of rotatable bonds is 4. The van der Waals surface area contributed by atoms with Crippen molar-refractivity contribution in [3.63, 3.8) is 0 Å². The molecule has 0 aromatic rings. The van der Waals surface area contributed by atoms with Gasteiger partial charge in [-0.05, 0) is 12.3 Å². The number of nitrogens with zero attached hydrogens (tertiary/aromatic N) is 1. The number of hydrogen-bond donors (Lipinski definition) is 1. The van der Waals surface area contributed by atoms with Crippen molar-refractivity contribution in [2.45, 2.75) is 38.2 Å². The third-order valence-corrected chi connectivity index (χ3v) is 5.60. The highest BCUT2D eigenvalue weighted by molar-refractivity contribution is 7.91. The van der Waals surface area contributed by atoms with Crippen LogP contribution < -0.4 is 0 Å². The van der Waals surface area contributed by atoms with Crippen molar-refractivity contribution in [1.29, 1.82) is 0 Å². The van der Waals surface area contributed by atoms with E-state index in [4.69, 9.17) is 0 Å². The minimum Gasteiger partial charge on any atom is -0.392 e. The summed E-state index contributed by atoms with van der Waals surface area (Å²) in [6.07, 6.45) is 5.73. The fourth-order valence-corrected chi connectivity index (χ4v) is 4.21. The molecule has 0 radical (unpaired) electrons. The Balaban J connectivity index is 1.70. The lowest BCUT2D eigenvalue weighted by molar-refractivity contribution is 0.0948. The molecule has 1 heterocycles. The van der Waals surface area contributed by atoms with Gasteiger partial charge in [-0.2, -0.15) is 0 Å². The summed E-state index contributed by atoms with van der Waals surface area (Å²) in [5.74, 6) is 1.20. The van der Waals surface area contributed by atoms with Crippen LogP contribution in [-0.4, -0.2) is 55.7 Å². The topological polar surface area (TPSA) is 57.6 Å². The maximum atomic E-state index is 11.3. The van der Waals surface area contributed by atoms with Gasteiger partial charge in [0.2, 0.25) is 0 Å². The summed E-state index contributed by atoms with van der Waals surface area (Å²) < 4.78 is 22.5. The lowest BCUT2D eigenvalue weighted by Crippen LogP contribution is -2.44. The van der Waals surface area contributed by atoms with Crippen molar-refractivity contribution >= 4 is 9.84 Å². The van der Waals surface area contributed by atoms with E-state index >= 15 is 0 Å². The number of β-amino-alcohol motifs (C(OH)–C–C–N with tert-alkyl or cyclic N) is 1. The molecule has 0 aromatic carbocycles. The highest BCUT2D eigenvalue weighted by atomic mass is 32.2. The molecule has 1 aliphatic carbocycles. The highest BCUT2D eigenvalue weighted by Gasteiger charge is 2.25. The van der Waals surface area contributed by atoms with E-state index in [2.05, 4.69) is 4.90 Å². The molecule has 0 amide bonds. The first-order valence-electron chi connectivity index (χ1n) is 6.66. The summed E-state index contributed by atoms with van der Waals surface area (Å²) in [5.41, 5.74) is 0. The Morgan fingerprint density at radius 2 is 1.76 bits per heavy atom. The van der Waals surface area contributed by atoms with E-state index < -0.39 is 9.84 Å². The molecule has 1 saturated heterocycles. The van der Waals surface area contributed by atoms with Crippen molar-refractivity contribution in [2.24, 2.45) is 5.92 Å². The van der Waals surface area contributed by atoms with Gasteiger partial charge in [0, 0.05) is 19.6 Å². The van der Waals surface area contributed by atoms with Crippen LogP contribution >= 0.6 is 0 Å². The first kappa shape index (κ1) is 13.3. The van der Waals surface area contributed by atoms with Crippen molar-refractivity contribution in [3.8, 4) is 0 Å². The second kappa shape index (κ2) is 5.67. The molecule has 2 rings (SSSR count). The van der Waals surface area contributed by atoms with E-state index in [9.17, 15) is 13.5 Å². The molecule has 2 aliphatic rings. The molecule has 0 spiro atoms. The third-order valence-electron chi connectivity index (χ3n) is 3.99. The number of sulfone groups is 1. The van der Waals surface area contributed by atoms with Crippen molar-refractivity contribution in [3.05, 3.63) is 0 Å². The summed E-state index contributed by atoms with van der Waals surface area (Å²) >= 11 is 0. The minimum atomic E-state index is -2.80. The molecule has 2 fully saturated rings. The molecule has 1 atom stereocenters. The van der Waals surface area contributed by atoms with Gasteiger partial charge in [-0.1, -0.05) is 25.7 Å². The van der Waals surface area contributed by atoms with Crippen LogP contribution in [0.4, 0.5) is 0 Å².